The van der Waals surface area contributed by atoms with E-state index in [1.54, 1.807) is 6.07 Å². The Morgan fingerprint density at radius 3 is 2.73 bits per heavy atom. The van der Waals surface area contributed by atoms with Crippen molar-refractivity contribution in [2.75, 3.05) is 6.54 Å². The van der Waals surface area contributed by atoms with Crippen molar-refractivity contribution in [2.45, 2.75) is 38.7 Å². The first-order valence-electron chi connectivity index (χ1n) is 8.72. The van der Waals surface area contributed by atoms with E-state index >= 15 is 0 Å². The molecule has 1 aromatic carbocycles. The molecule has 1 saturated carbocycles. The number of nitrogens with one attached hydrogen (secondary N) is 1. The third kappa shape index (κ3) is 4.41. The van der Waals surface area contributed by atoms with Gasteiger partial charge >= 0.3 is 11.6 Å². The normalized spacial score (nSPS) is 14.9. The van der Waals surface area contributed by atoms with Gasteiger partial charge in [0.2, 0.25) is 5.91 Å². The standard InChI is InChI=1S/C19H21NO6/c21-14-6-7-15-13(8-17(22)26-16(15)9-14)11-25-18(23)10-20-19(24)12-4-2-1-3-5-12/h6-9,12,21H,1-5,10-11H2,(H,20,24). The third-order valence-corrected chi connectivity index (χ3v) is 4.59. The Hall–Kier alpha value is -2.83. The van der Waals surface area contributed by atoms with E-state index in [1.165, 1.54) is 18.2 Å². The molecule has 26 heavy (non-hydrogen) atoms. The van der Waals surface area contributed by atoms with Crippen LogP contribution in [0.25, 0.3) is 11.0 Å². The van der Waals surface area contributed by atoms with Crippen molar-refractivity contribution in [1.82, 2.24) is 5.32 Å². The summed E-state index contributed by atoms with van der Waals surface area (Å²) in [4.78, 5) is 35.5. The molecular weight excluding hydrogens is 338 g/mol. The van der Waals surface area contributed by atoms with Crippen LogP contribution in [0.2, 0.25) is 0 Å². The molecule has 7 nitrogen and oxygen atoms in total. The topological polar surface area (TPSA) is 106 Å². The van der Waals surface area contributed by atoms with Crippen molar-refractivity contribution in [3.8, 4) is 5.75 Å². The van der Waals surface area contributed by atoms with E-state index in [4.69, 9.17) is 9.15 Å². The summed E-state index contributed by atoms with van der Waals surface area (Å²) in [7, 11) is 0. The summed E-state index contributed by atoms with van der Waals surface area (Å²) in [6, 6.07) is 5.61. The number of phenolic OH excluding ortho intramolecular Hbond substituents is 1. The average Bonchev–Trinajstić information content (AvgIpc) is 2.64. The van der Waals surface area contributed by atoms with Crippen LogP contribution in [0.1, 0.15) is 37.7 Å². The lowest BCUT2D eigenvalue weighted by Crippen LogP contribution is -2.36. The van der Waals surface area contributed by atoms with E-state index < -0.39 is 11.6 Å². The van der Waals surface area contributed by atoms with Crippen LogP contribution in [0.3, 0.4) is 0 Å². The van der Waals surface area contributed by atoms with Gasteiger partial charge in [-0.25, -0.2) is 4.79 Å². The summed E-state index contributed by atoms with van der Waals surface area (Å²) < 4.78 is 10.2. The number of carbonyl (C=O) groups is 2. The maximum Gasteiger partial charge on any atom is 0.336 e. The van der Waals surface area contributed by atoms with Gasteiger partial charge in [-0.15, -0.1) is 0 Å². The fourth-order valence-electron chi connectivity index (χ4n) is 3.22. The Morgan fingerprint density at radius 2 is 1.96 bits per heavy atom. The molecule has 7 heteroatoms. The molecule has 0 bridgehead atoms. The Kier molecular flexibility index (Phi) is 5.55. The number of phenols is 1. The quantitative estimate of drug-likeness (QED) is 0.626. The van der Waals surface area contributed by atoms with Crippen LogP contribution in [0, 0.1) is 5.92 Å². The van der Waals surface area contributed by atoms with E-state index in [1.807, 2.05) is 0 Å². The second-order valence-electron chi connectivity index (χ2n) is 6.48. The molecule has 2 aromatic rings. The fourth-order valence-corrected chi connectivity index (χ4v) is 3.22. The maximum atomic E-state index is 12.0. The molecule has 0 radical (unpaired) electrons. The molecule has 0 atom stereocenters. The molecule has 1 aliphatic rings. The van der Waals surface area contributed by atoms with E-state index in [0.717, 1.165) is 32.1 Å². The molecule has 1 fully saturated rings. The minimum absolute atomic E-state index is 0.0214. The van der Waals surface area contributed by atoms with Gasteiger partial charge in [0.15, 0.2) is 0 Å². The Morgan fingerprint density at radius 1 is 1.19 bits per heavy atom. The highest BCUT2D eigenvalue weighted by atomic mass is 16.5. The molecule has 0 saturated heterocycles. The smallest absolute Gasteiger partial charge is 0.336 e. The molecule has 1 heterocycles. The molecule has 1 aliphatic carbocycles. The number of esters is 1. The maximum absolute atomic E-state index is 12.0. The first-order chi connectivity index (χ1) is 12.5. The second-order valence-corrected chi connectivity index (χ2v) is 6.48. The molecule has 0 aliphatic heterocycles. The van der Waals surface area contributed by atoms with Crippen LogP contribution in [-0.4, -0.2) is 23.5 Å². The van der Waals surface area contributed by atoms with Crippen molar-refractivity contribution < 1.29 is 23.8 Å². The Bertz CT molecular complexity index is 866. The molecule has 2 N–H and O–H groups in total. The zero-order valence-corrected chi connectivity index (χ0v) is 14.3. The summed E-state index contributed by atoms with van der Waals surface area (Å²) in [6.07, 6.45) is 4.96. The summed E-state index contributed by atoms with van der Waals surface area (Å²) in [5, 5.41) is 12.7. The largest absolute Gasteiger partial charge is 0.508 e. The van der Waals surface area contributed by atoms with Crippen molar-refractivity contribution in [2.24, 2.45) is 5.92 Å². The number of fused-ring (bicyclic) bond motifs is 1. The van der Waals surface area contributed by atoms with Crippen molar-refractivity contribution in [3.05, 3.63) is 40.2 Å². The van der Waals surface area contributed by atoms with Crippen LogP contribution in [0.4, 0.5) is 0 Å². The highest BCUT2D eigenvalue weighted by molar-refractivity contribution is 5.84. The van der Waals surface area contributed by atoms with Crippen LogP contribution >= 0.6 is 0 Å². The van der Waals surface area contributed by atoms with Crippen molar-refractivity contribution in [3.63, 3.8) is 0 Å². The predicted molar refractivity (Wildman–Crippen MR) is 93.5 cm³/mol. The zero-order chi connectivity index (χ0) is 18.5. The van der Waals surface area contributed by atoms with Crippen LogP contribution in [0.15, 0.2) is 33.5 Å². The SMILES string of the molecule is O=C(CNC(=O)C1CCCCC1)OCc1cc(=O)oc2cc(O)ccc12. The summed E-state index contributed by atoms with van der Waals surface area (Å²) in [5.41, 5.74) is 0.0945. The fraction of sp³-hybridized carbons (Fsp3) is 0.421. The van der Waals surface area contributed by atoms with Gasteiger partial charge < -0.3 is 19.6 Å². The van der Waals surface area contributed by atoms with Gasteiger partial charge in [-0.2, -0.15) is 0 Å². The number of aromatic hydroxyl groups is 1. The zero-order valence-electron chi connectivity index (χ0n) is 14.3. The van der Waals surface area contributed by atoms with Gasteiger partial charge in [0, 0.05) is 29.0 Å². The lowest BCUT2D eigenvalue weighted by atomic mass is 9.89. The van der Waals surface area contributed by atoms with Gasteiger partial charge in [0.25, 0.3) is 0 Å². The minimum Gasteiger partial charge on any atom is -0.508 e. The number of carbonyl (C=O) groups excluding carboxylic acids is 2. The minimum atomic E-state index is -0.597. The molecule has 0 unspecified atom stereocenters. The molecule has 1 aromatic heterocycles. The Labute approximate surface area is 150 Å². The van der Waals surface area contributed by atoms with E-state index in [2.05, 4.69) is 5.32 Å². The third-order valence-electron chi connectivity index (χ3n) is 4.59. The van der Waals surface area contributed by atoms with Gasteiger partial charge in [0.05, 0.1) is 0 Å². The molecule has 0 spiro atoms. The monoisotopic (exact) mass is 359 g/mol. The van der Waals surface area contributed by atoms with Gasteiger partial charge in [-0.3, -0.25) is 9.59 Å². The number of benzene rings is 1. The van der Waals surface area contributed by atoms with E-state index in [0.29, 0.717) is 10.9 Å². The molecule has 138 valence electrons. The van der Waals surface area contributed by atoms with Crippen LogP contribution in [0.5, 0.6) is 5.75 Å². The summed E-state index contributed by atoms with van der Waals surface area (Å²) in [6.45, 7) is -0.319. The highest BCUT2D eigenvalue weighted by Gasteiger charge is 2.21. The lowest BCUT2D eigenvalue weighted by molar-refractivity contribution is -0.145. The molecular formula is C19H21NO6. The van der Waals surface area contributed by atoms with Gasteiger partial charge in [-0.1, -0.05) is 19.3 Å². The van der Waals surface area contributed by atoms with Crippen LogP contribution in [-0.2, 0) is 20.9 Å². The van der Waals surface area contributed by atoms with Crippen molar-refractivity contribution >= 4 is 22.8 Å². The number of hydrogen-bond acceptors (Lipinski definition) is 6. The second kappa shape index (κ2) is 8.03. The first-order valence-corrected chi connectivity index (χ1v) is 8.72. The highest BCUT2D eigenvalue weighted by Crippen LogP contribution is 2.24. The number of amides is 1. The van der Waals surface area contributed by atoms with Crippen LogP contribution < -0.4 is 10.9 Å². The summed E-state index contributed by atoms with van der Waals surface area (Å²) in [5.74, 6) is -0.732. The lowest BCUT2D eigenvalue weighted by Gasteiger charge is -2.20. The van der Waals surface area contributed by atoms with E-state index in [-0.39, 0.29) is 36.3 Å². The van der Waals surface area contributed by atoms with Gasteiger partial charge in [0.1, 0.15) is 24.5 Å². The first kappa shape index (κ1) is 18.0. The predicted octanol–water partition coefficient (Wildman–Crippen LogP) is 2.24. The Balaban J connectivity index is 1.57. The molecule has 1 amide bonds. The molecule has 3 rings (SSSR count). The summed E-state index contributed by atoms with van der Waals surface area (Å²) >= 11 is 0. The number of rotatable bonds is 5. The average molecular weight is 359 g/mol. The number of hydrogen-bond donors (Lipinski definition) is 2. The van der Waals surface area contributed by atoms with E-state index in [9.17, 15) is 19.5 Å². The number of ether oxygens (including phenoxy) is 1. The van der Waals surface area contributed by atoms with Gasteiger partial charge in [-0.05, 0) is 25.0 Å². The van der Waals surface area contributed by atoms with Crippen molar-refractivity contribution in [1.29, 1.82) is 0 Å².